The third kappa shape index (κ3) is 15.8. The van der Waals surface area contributed by atoms with E-state index in [9.17, 15) is 24.4 Å². The van der Waals surface area contributed by atoms with Crippen molar-refractivity contribution < 1.29 is 0 Å². The maximum absolute atomic E-state index is 12.7. The number of aryl methyl sites for hydroxylation is 7. The smallest absolute Gasteiger partial charge is 0.251 e. The number of benzene rings is 9. The van der Waals surface area contributed by atoms with E-state index in [2.05, 4.69) is 65.6 Å². The van der Waals surface area contributed by atoms with Gasteiger partial charge >= 0.3 is 0 Å². The number of nitriles is 3. The fourth-order valence-corrected chi connectivity index (χ4v) is 14.9. The van der Waals surface area contributed by atoms with Crippen LogP contribution in [-0.2, 0) is 6.42 Å². The molecule has 0 amide bonds. The first-order chi connectivity index (χ1) is 54.8. The van der Waals surface area contributed by atoms with Crippen molar-refractivity contribution in [2.24, 2.45) is 0 Å². The SMILES string of the molecule is Cc1cc(C#N)ccc1-c1cc(=O)[nH]c2c(-c3ccc(Cl)c(Cl)c3)c(C)nn12.Cc1cc(C#N)ccc1-c1cc(=O)[nH]c2c(-c3ccc(Cl)cc3)c(C)nn12.Cc1cc(C#N)ccc1-c1cc(=O)[nH]c2c(-c3ccc(Cl)cc3)c(Cc3ccccc3)nn12.Cc1ccccc1-c1cc(=O)[nH]c2c(-c3ccc(Cl)c(Cl)c3)c(C)nn12. The highest BCUT2D eigenvalue weighted by atomic mass is 35.5. The maximum Gasteiger partial charge on any atom is 0.251 e. The highest BCUT2D eigenvalue weighted by Gasteiger charge is 2.24. The van der Waals surface area contributed by atoms with E-state index in [4.69, 9.17) is 85.2 Å². The van der Waals surface area contributed by atoms with Gasteiger partial charge in [-0.2, -0.15) is 36.2 Å². The first-order valence-electron chi connectivity index (χ1n) is 35.4. The van der Waals surface area contributed by atoms with E-state index in [1.807, 2.05) is 176 Å². The fourth-order valence-electron chi connectivity index (χ4n) is 14.0. The summed E-state index contributed by atoms with van der Waals surface area (Å²) in [6.07, 6.45) is 0.605. The Kier molecular flexibility index (Phi) is 22.2. The molecule has 114 heavy (non-hydrogen) atoms. The Morgan fingerprint density at radius 3 is 0.982 bits per heavy atom. The number of nitrogens with one attached hydrogen (secondary N) is 4. The van der Waals surface area contributed by atoms with Gasteiger partial charge in [-0.25, -0.2) is 18.1 Å². The van der Waals surface area contributed by atoms with Gasteiger partial charge in [0, 0.05) is 85.2 Å². The summed E-state index contributed by atoms with van der Waals surface area (Å²) in [4.78, 5) is 61.6. The van der Waals surface area contributed by atoms with Crippen molar-refractivity contribution in [3.05, 3.63) is 357 Å². The van der Waals surface area contributed by atoms with Crippen molar-refractivity contribution in [2.75, 3.05) is 0 Å². The molecule has 0 bridgehead atoms. The quantitative estimate of drug-likeness (QED) is 0.0999. The molecule has 17 aromatic rings. The minimum absolute atomic E-state index is 0.183. The van der Waals surface area contributed by atoms with Crippen molar-refractivity contribution >= 4 is 92.2 Å². The zero-order valence-electron chi connectivity index (χ0n) is 61.8. The van der Waals surface area contributed by atoms with Gasteiger partial charge < -0.3 is 19.9 Å². The van der Waals surface area contributed by atoms with E-state index in [1.165, 1.54) is 12.1 Å². The van der Waals surface area contributed by atoms with Crippen molar-refractivity contribution in [3.8, 4) is 108 Å². The monoisotopic (exact) mass is 1620 g/mol. The van der Waals surface area contributed by atoms with Crippen LogP contribution in [0.5, 0.6) is 0 Å². The molecule has 4 N–H and O–H groups in total. The number of aromatic nitrogens is 12. The zero-order valence-corrected chi connectivity index (χ0v) is 66.3. The fraction of sp³-hybridized carbons (Fsp3) is 0.0899. The average molecular weight is 1620 g/mol. The number of H-pyrrole nitrogens is 4. The van der Waals surface area contributed by atoms with Gasteiger partial charge in [0.05, 0.1) is 101 Å². The van der Waals surface area contributed by atoms with Crippen LogP contribution >= 0.6 is 69.6 Å². The normalized spacial score (nSPS) is 11.0. The summed E-state index contributed by atoms with van der Waals surface area (Å²) in [6.45, 7) is 13.4. The highest BCUT2D eigenvalue weighted by Crippen LogP contribution is 2.39. The predicted molar refractivity (Wildman–Crippen MR) is 453 cm³/mol. The first-order valence-corrected chi connectivity index (χ1v) is 37.7. The molecule has 0 aliphatic rings. The second-order valence-electron chi connectivity index (χ2n) is 27.0. The van der Waals surface area contributed by atoms with Crippen molar-refractivity contribution in [1.82, 2.24) is 58.4 Å². The van der Waals surface area contributed by atoms with Crippen molar-refractivity contribution in [3.63, 3.8) is 0 Å². The van der Waals surface area contributed by atoms with E-state index < -0.39 is 0 Å². The second kappa shape index (κ2) is 32.7. The molecule has 0 unspecified atom stereocenters. The second-order valence-corrected chi connectivity index (χ2v) is 29.5. The number of fused-ring (bicyclic) bond motifs is 4. The van der Waals surface area contributed by atoms with Crippen LogP contribution in [0.4, 0.5) is 0 Å². The van der Waals surface area contributed by atoms with Gasteiger partial charge in [0.1, 0.15) is 22.6 Å². The predicted octanol–water partition coefficient (Wildman–Crippen LogP) is 20.7. The lowest BCUT2D eigenvalue weighted by Gasteiger charge is -2.09. The largest absolute Gasteiger partial charge is 0.306 e. The number of rotatable bonds is 10. The van der Waals surface area contributed by atoms with Crippen LogP contribution in [-0.4, -0.2) is 58.4 Å². The summed E-state index contributed by atoms with van der Waals surface area (Å²) in [5.41, 5.74) is 24.5. The molecule has 9 aromatic carbocycles. The number of halogens is 6. The van der Waals surface area contributed by atoms with Gasteiger partial charge in [-0.15, -0.1) is 0 Å². The maximum atomic E-state index is 12.7. The topological polar surface area (TPSA) is 272 Å². The first kappa shape index (κ1) is 77.6. The molecule has 0 saturated heterocycles. The molecule has 8 heterocycles. The van der Waals surface area contributed by atoms with Crippen molar-refractivity contribution in [1.29, 1.82) is 15.8 Å². The summed E-state index contributed by atoms with van der Waals surface area (Å²) in [5.74, 6) is 0. The molecule has 8 aromatic heterocycles. The van der Waals surface area contributed by atoms with Crippen LogP contribution in [0.25, 0.3) is 112 Å². The Labute approximate surface area is 681 Å². The van der Waals surface area contributed by atoms with E-state index in [1.54, 1.807) is 84.8 Å². The molecule has 17 rings (SSSR count). The molecule has 0 radical (unpaired) electrons. The minimum atomic E-state index is -0.243. The van der Waals surface area contributed by atoms with Crippen LogP contribution in [0.3, 0.4) is 0 Å². The van der Waals surface area contributed by atoms with Crippen LogP contribution < -0.4 is 22.2 Å². The summed E-state index contributed by atoms with van der Waals surface area (Å²) >= 11 is 36.6. The number of nitrogens with zero attached hydrogens (tertiary/aromatic N) is 11. The van der Waals surface area contributed by atoms with Crippen LogP contribution in [0.1, 0.15) is 67.3 Å². The summed E-state index contributed by atoms with van der Waals surface area (Å²) in [6, 6.07) is 72.5. The van der Waals surface area contributed by atoms with E-state index in [0.29, 0.717) is 92.9 Å². The molecule has 25 heteroatoms. The molecule has 0 fully saturated rings. The van der Waals surface area contributed by atoms with E-state index >= 15 is 0 Å². The minimum Gasteiger partial charge on any atom is -0.306 e. The Bertz CT molecular complexity index is 7090. The Balaban J connectivity index is 0.000000126. The molecule has 0 aliphatic carbocycles. The summed E-state index contributed by atoms with van der Waals surface area (Å²) in [7, 11) is 0. The van der Waals surface area contributed by atoms with Crippen LogP contribution in [0, 0.1) is 82.5 Å². The molecule has 0 aliphatic heterocycles. The lowest BCUT2D eigenvalue weighted by Crippen LogP contribution is -2.10. The third-order valence-corrected chi connectivity index (χ3v) is 21.3. The van der Waals surface area contributed by atoms with E-state index in [-0.39, 0.29) is 22.2 Å². The van der Waals surface area contributed by atoms with Crippen LogP contribution in [0.2, 0.25) is 30.1 Å². The van der Waals surface area contributed by atoms with Gasteiger partial charge in [-0.1, -0.05) is 179 Å². The Morgan fingerprint density at radius 2 is 0.632 bits per heavy atom. The molecule has 0 spiro atoms. The van der Waals surface area contributed by atoms with Gasteiger partial charge in [0.2, 0.25) is 0 Å². The van der Waals surface area contributed by atoms with Crippen molar-refractivity contribution in [2.45, 2.75) is 54.9 Å². The molecule has 0 saturated carbocycles. The Morgan fingerprint density at radius 1 is 0.316 bits per heavy atom. The average Bonchev–Trinajstić information content (AvgIpc) is 1.61. The summed E-state index contributed by atoms with van der Waals surface area (Å²) in [5, 5.41) is 49.5. The number of aromatic amines is 4. The molecular formula is C89H63Cl6N15O4. The lowest BCUT2D eigenvalue weighted by atomic mass is 10.0. The van der Waals surface area contributed by atoms with E-state index in [0.717, 1.165) is 123 Å². The molecule has 0 atom stereocenters. The molecule has 560 valence electrons. The third-order valence-electron chi connectivity index (χ3n) is 19.3. The molecular weight excluding hydrogens is 1560 g/mol. The number of hydrogen-bond donors (Lipinski definition) is 4. The molecule has 19 nitrogen and oxygen atoms in total. The summed E-state index contributed by atoms with van der Waals surface area (Å²) < 4.78 is 7.02. The lowest BCUT2D eigenvalue weighted by molar-refractivity contribution is 0.898. The van der Waals surface area contributed by atoms with Gasteiger partial charge in [-0.3, -0.25) is 19.2 Å². The standard InChI is InChI=1S/C27H19ClN4O.C21H14Cl2N4O.C21H15ClN4O.C20H15Cl2N3O/c1-17-13-19(16-29)7-12-22(17)24-15-25(33)30-27-26(20-8-10-21(28)11-9-20)23(31-32(24)27)14-18-5-3-2-4-6-18;1-11-7-13(10-24)3-5-15(11)18-9-19(28)25-21-20(12(2)26-27(18)21)14-4-6-16(22)17(23)8-14;1-12-9-14(11-23)3-8-17(12)18-10-19(27)24-21-20(13(2)25-26(18)21)15-4-6-16(22)7-5-15;1-11-5-3-4-6-14(11)17-10-18(26)23-20-19(12(2)24-25(17)20)13-7-8-15(21)16(22)9-13/h2-13,15H,14H2,1H3,(H,30,33);3-9H,1-2H3,(H,25,28);3-10H,1-2H3,(H,24,27);3-10H,1-2H3,(H,23,26). The zero-order chi connectivity index (χ0) is 80.5. The van der Waals surface area contributed by atoms with Gasteiger partial charge in [-0.05, 0) is 183 Å². The van der Waals surface area contributed by atoms with Gasteiger partial charge in [0.15, 0.2) is 0 Å². The number of hydrogen-bond acceptors (Lipinski definition) is 11. The van der Waals surface area contributed by atoms with Crippen LogP contribution in [0.15, 0.2) is 238 Å². The highest BCUT2D eigenvalue weighted by molar-refractivity contribution is 6.42. The van der Waals surface area contributed by atoms with Gasteiger partial charge in [0.25, 0.3) is 22.2 Å². The Hall–Kier alpha value is -13.1.